The van der Waals surface area contributed by atoms with E-state index in [0.29, 0.717) is 0 Å². The summed E-state index contributed by atoms with van der Waals surface area (Å²) in [6, 6.07) is 0. The smallest absolute Gasteiger partial charge is 0.0664 e. The fraction of sp³-hybridized carbons (Fsp3) is 0.667. The number of thiol groups is 1. The van der Waals surface area contributed by atoms with Crippen molar-refractivity contribution in [1.29, 1.82) is 0 Å². The second-order valence-corrected chi connectivity index (χ2v) is 2.81. The average molecular weight is 129 g/mol. The van der Waals surface area contributed by atoms with Crippen molar-refractivity contribution in [3.05, 3.63) is 12.2 Å². The van der Waals surface area contributed by atoms with Gasteiger partial charge >= 0.3 is 0 Å². The molecule has 1 aliphatic carbocycles. The molecule has 0 aromatic rings. The normalized spacial score (nSPS) is 24.2. The molecular formula is C6H11NS. The number of nitrogens with two attached hydrogens (primary N) is 1. The van der Waals surface area contributed by atoms with Gasteiger partial charge in [-0.1, -0.05) is 12.2 Å². The van der Waals surface area contributed by atoms with Crippen LogP contribution in [0.5, 0.6) is 0 Å². The van der Waals surface area contributed by atoms with Crippen molar-refractivity contribution < 1.29 is 0 Å². The molecule has 0 bridgehead atoms. The molecule has 1 nitrogen and oxygen atoms in total. The third-order valence-corrected chi connectivity index (χ3v) is 1.37. The summed E-state index contributed by atoms with van der Waals surface area (Å²) >= 11 is 3.99. The Labute approximate surface area is 55.4 Å². The number of hydrogen-bond donors (Lipinski definition) is 2. The molecule has 0 spiro atoms. The van der Waals surface area contributed by atoms with Crippen molar-refractivity contribution in [2.75, 3.05) is 0 Å². The van der Waals surface area contributed by atoms with Crippen molar-refractivity contribution >= 4 is 12.6 Å². The van der Waals surface area contributed by atoms with Gasteiger partial charge in [-0.3, -0.25) is 0 Å². The lowest BCUT2D eigenvalue weighted by atomic mass is 10.4. The van der Waals surface area contributed by atoms with Gasteiger partial charge in [0.05, 0.1) is 5.37 Å². The topological polar surface area (TPSA) is 26.0 Å². The Morgan fingerprint density at radius 3 is 2.62 bits per heavy atom. The molecule has 1 atom stereocenters. The molecule has 1 unspecified atom stereocenters. The summed E-state index contributed by atoms with van der Waals surface area (Å²) in [5, 5.41) is -0.0596. The molecule has 1 fully saturated rings. The first-order valence-corrected chi connectivity index (χ1v) is 3.42. The third kappa shape index (κ3) is 2.38. The van der Waals surface area contributed by atoms with Crippen molar-refractivity contribution in [3.8, 4) is 0 Å². The molecule has 0 aromatic carbocycles. The minimum Gasteiger partial charge on any atom is -0.316 e. The largest absolute Gasteiger partial charge is 0.316 e. The van der Waals surface area contributed by atoms with Crippen molar-refractivity contribution in [3.63, 3.8) is 0 Å². The van der Waals surface area contributed by atoms with E-state index in [4.69, 9.17) is 5.73 Å². The molecule has 0 saturated heterocycles. The second kappa shape index (κ2) is 2.55. The lowest BCUT2D eigenvalue weighted by molar-refractivity contribution is 1.08. The molecule has 0 amide bonds. The fourth-order valence-electron chi connectivity index (χ4n) is 0.560. The maximum absolute atomic E-state index is 5.35. The molecule has 1 rings (SSSR count). The lowest BCUT2D eigenvalue weighted by Crippen LogP contribution is -2.06. The molecule has 46 valence electrons. The fourth-order valence-corrected chi connectivity index (χ4v) is 0.659. The molecular weight excluding hydrogens is 118 g/mol. The first kappa shape index (κ1) is 6.17. The van der Waals surface area contributed by atoms with Crippen LogP contribution in [-0.2, 0) is 0 Å². The van der Waals surface area contributed by atoms with Gasteiger partial charge in [0.15, 0.2) is 0 Å². The van der Waals surface area contributed by atoms with Gasteiger partial charge in [0, 0.05) is 0 Å². The summed E-state index contributed by atoms with van der Waals surface area (Å²) in [4.78, 5) is 0. The highest BCUT2D eigenvalue weighted by molar-refractivity contribution is 7.81. The van der Waals surface area contributed by atoms with Crippen molar-refractivity contribution in [1.82, 2.24) is 0 Å². The van der Waals surface area contributed by atoms with Gasteiger partial charge in [0.2, 0.25) is 0 Å². The Bertz CT molecular complexity index is 90.7. The van der Waals surface area contributed by atoms with Crippen LogP contribution in [0.4, 0.5) is 0 Å². The van der Waals surface area contributed by atoms with E-state index in [9.17, 15) is 0 Å². The zero-order chi connectivity index (χ0) is 5.98. The monoisotopic (exact) mass is 129 g/mol. The minimum absolute atomic E-state index is 0.0596. The molecule has 0 heterocycles. The van der Waals surface area contributed by atoms with Gasteiger partial charge in [0.1, 0.15) is 0 Å². The van der Waals surface area contributed by atoms with Crippen LogP contribution in [0.3, 0.4) is 0 Å². The van der Waals surface area contributed by atoms with Gasteiger partial charge in [-0.15, -0.1) is 0 Å². The van der Waals surface area contributed by atoms with Crippen LogP contribution < -0.4 is 5.73 Å². The van der Waals surface area contributed by atoms with Crippen LogP contribution in [0.25, 0.3) is 0 Å². The third-order valence-electron chi connectivity index (χ3n) is 1.20. The Morgan fingerprint density at radius 1 is 1.62 bits per heavy atom. The minimum atomic E-state index is -0.0596. The number of rotatable bonds is 2. The Kier molecular flexibility index (Phi) is 1.97. The highest BCUT2D eigenvalue weighted by Crippen LogP contribution is 2.30. The van der Waals surface area contributed by atoms with Crippen LogP contribution in [-0.4, -0.2) is 5.37 Å². The molecule has 8 heavy (non-hydrogen) atoms. The summed E-state index contributed by atoms with van der Waals surface area (Å²) in [5.74, 6) is 0.827. The summed E-state index contributed by atoms with van der Waals surface area (Å²) in [6.07, 6.45) is 6.78. The van der Waals surface area contributed by atoms with Crippen molar-refractivity contribution in [2.45, 2.75) is 18.2 Å². The first-order chi connectivity index (χ1) is 3.79. The zero-order valence-corrected chi connectivity index (χ0v) is 5.64. The van der Waals surface area contributed by atoms with Crippen LogP contribution in [0.1, 0.15) is 12.8 Å². The van der Waals surface area contributed by atoms with E-state index in [1.54, 1.807) is 0 Å². The molecule has 1 aliphatic rings. The Balaban J connectivity index is 2.13. The van der Waals surface area contributed by atoms with Gasteiger partial charge in [0.25, 0.3) is 0 Å². The molecule has 0 aromatic heterocycles. The zero-order valence-electron chi connectivity index (χ0n) is 4.75. The second-order valence-electron chi connectivity index (χ2n) is 2.21. The predicted molar refractivity (Wildman–Crippen MR) is 38.8 cm³/mol. The summed E-state index contributed by atoms with van der Waals surface area (Å²) in [7, 11) is 0. The van der Waals surface area contributed by atoms with Crippen molar-refractivity contribution in [2.24, 2.45) is 11.7 Å². The van der Waals surface area contributed by atoms with Gasteiger partial charge < -0.3 is 5.73 Å². The Hall–Kier alpha value is 0.0500. The molecule has 0 radical (unpaired) electrons. The number of hydrogen-bond acceptors (Lipinski definition) is 2. The van der Waals surface area contributed by atoms with Crippen LogP contribution in [0.15, 0.2) is 12.2 Å². The van der Waals surface area contributed by atoms with E-state index in [1.807, 2.05) is 6.08 Å². The van der Waals surface area contributed by atoms with Gasteiger partial charge in [-0.2, -0.15) is 12.6 Å². The molecule has 2 heteroatoms. The van der Waals surface area contributed by atoms with E-state index in [0.717, 1.165) is 5.92 Å². The number of allylic oxidation sites excluding steroid dienone is 1. The first-order valence-electron chi connectivity index (χ1n) is 2.91. The van der Waals surface area contributed by atoms with Crippen LogP contribution >= 0.6 is 12.6 Å². The van der Waals surface area contributed by atoms with E-state index >= 15 is 0 Å². The van der Waals surface area contributed by atoms with Crippen LogP contribution in [0, 0.1) is 5.92 Å². The summed E-state index contributed by atoms with van der Waals surface area (Å²) in [5.41, 5.74) is 5.35. The van der Waals surface area contributed by atoms with E-state index in [-0.39, 0.29) is 5.37 Å². The highest BCUT2D eigenvalue weighted by Gasteiger charge is 2.16. The maximum Gasteiger partial charge on any atom is 0.0664 e. The summed E-state index contributed by atoms with van der Waals surface area (Å²) < 4.78 is 0. The summed E-state index contributed by atoms with van der Waals surface area (Å²) in [6.45, 7) is 0. The predicted octanol–water partition coefficient (Wildman–Crippen LogP) is 1.17. The van der Waals surface area contributed by atoms with Gasteiger partial charge in [-0.05, 0) is 18.8 Å². The van der Waals surface area contributed by atoms with E-state index in [2.05, 4.69) is 18.7 Å². The van der Waals surface area contributed by atoms with E-state index in [1.165, 1.54) is 12.8 Å². The maximum atomic E-state index is 5.35. The molecule has 2 N–H and O–H groups in total. The molecule has 1 saturated carbocycles. The molecule has 0 aliphatic heterocycles. The van der Waals surface area contributed by atoms with E-state index < -0.39 is 0 Å². The van der Waals surface area contributed by atoms with Crippen LogP contribution in [0.2, 0.25) is 0 Å². The lowest BCUT2D eigenvalue weighted by Gasteiger charge is -1.90. The average Bonchev–Trinajstić information content (AvgIpc) is 2.41. The Morgan fingerprint density at radius 2 is 2.25 bits per heavy atom. The van der Waals surface area contributed by atoms with Gasteiger partial charge in [-0.25, -0.2) is 0 Å². The highest BCUT2D eigenvalue weighted by atomic mass is 32.1. The quantitative estimate of drug-likeness (QED) is 0.327. The SMILES string of the molecule is NC(S)/C=C\C1CC1. The standard InChI is InChI=1S/C6H11NS/c7-6(8)4-3-5-1-2-5/h3-6,8H,1-2,7H2/b4-3-.